The maximum absolute atomic E-state index is 11.6. The molecule has 5 rings (SSSR count). The minimum absolute atomic E-state index is 0.138. The van der Waals surface area contributed by atoms with Crippen molar-refractivity contribution in [1.29, 1.82) is 0 Å². The molecule has 0 saturated carbocycles. The number of rotatable bonds is 9. The average molecular weight is 538 g/mol. The van der Waals surface area contributed by atoms with Crippen LogP contribution in [-0.2, 0) is 27.4 Å². The zero-order chi connectivity index (χ0) is 28.5. The van der Waals surface area contributed by atoms with Crippen LogP contribution in [0, 0.1) is 0 Å². The van der Waals surface area contributed by atoms with Crippen LogP contribution in [0.4, 0.5) is 0 Å². The molecule has 1 aliphatic rings. The molecule has 8 heteroatoms. The van der Waals surface area contributed by atoms with Crippen molar-refractivity contribution < 1.29 is 23.9 Å². The number of pyridine rings is 1. The van der Waals surface area contributed by atoms with E-state index in [9.17, 15) is 14.4 Å². The number of nitrogens with zero attached hydrogens (tertiary/aromatic N) is 2. The summed E-state index contributed by atoms with van der Waals surface area (Å²) in [5.74, 6) is -0.929. The van der Waals surface area contributed by atoms with Crippen molar-refractivity contribution in [2.75, 3.05) is 7.11 Å². The van der Waals surface area contributed by atoms with Crippen LogP contribution in [0.1, 0.15) is 58.4 Å². The van der Waals surface area contributed by atoms with E-state index in [2.05, 4.69) is 45.9 Å². The molecule has 0 saturated heterocycles. The maximum Gasteiger partial charge on any atom is 0.305 e. The first-order valence-electron chi connectivity index (χ1n) is 13.0. The molecular weight excluding hydrogens is 506 g/mol. The highest BCUT2D eigenvalue weighted by molar-refractivity contribution is 6.14. The van der Waals surface area contributed by atoms with E-state index >= 15 is 0 Å². The lowest BCUT2D eigenvalue weighted by atomic mass is 9.97. The van der Waals surface area contributed by atoms with Gasteiger partial charge in [0, 0.05) is 23.6 Å². The number of fused-ring (bicyclic) bond motifs is 2. The fourth-order valence-electron chi connectivity index (χ4n) is 4.29. The van der Waals surface area contributed by atoms with E-state index in [4.69, 9.17) is 10.5 Å². The van der Waals surface area contributed by atoms with E-state index in [0.29, 0.717) is 30.0 Å². The maximum atomic E-state index is 11.6. The van der Waals surface area contributed by atoms with E-state index in [-0.39, 0.29) is 18.3 Å². The number of aryl methyl sites for hydroxylation is 1. The van der Waals surface area contributed by atoms with Crippen LogP contribution in [0.2, 0.25) is 0 Å². The molecule has 0 spiro atoms. The van der Waals surface area contributed by atoms with Gasteiger partial charge in [-0.25, -0.2) is 4.99 Å². The minimum atomic E-state index is -0.585. The number of methoxy groups -OCH3 is 1. The Kier molecular flexibility index (Phi) is 9.35. The molecule has 4 aromatic rings. The molecule has 1 unspecified atom stereocenters. The molecular formula is C32H31N3O5. The molecule has 1 aliphatic heterocycles. The van der Waals surface area contributed by atoms with E-state index < -0.39 is 11.8 Å². The number of aliphatic imine (C=N–C) groups is 1. The van der Waals surface area contributed by atoms with E-state index in [0.717, 1.165) is 28.5 Å². The predicted octanol–water partition coefficient (Wildman–Crippen LogP) is 5.16. The Morgan fingerprint density at radius 2 is 1.68 bits per heavy atom. The SMILES string of the molecule is CCc1ccc(COc2cccc3c2C=NC3=O)cc1.COC(=O)CCC(C(N)=O)c1ccc2ccccc2n1. The molecule has 1 aromatic heterocycles. The number of carbonyl (C=O) groups excluding carboxylic acids is 3. The Labute approximate surface area is 232 Å². The second-order valence-corrected chi connectivity index (χ2v) is 9.24. The van der Waals surface area contributed by atoms with E-state index in [1.807, 2.05) is 42.5 Å². The van der Waals surface area contributed by atoms with Gasteiger partial charge in [-0.2, -0.15) is 0 Å². The van der Waals surface area contributed by atoms with Gasteiger partial charge in [0.25, 0.3) is 5.91 Å². The fraction of sp³-hybridized carbons (Fsp3) is 0.219. The standard InChI is InChI=1S/C17H15NO2.C15H16N2O3/c1-2-12-6-8-13(9-7-12)11-20-16-5-3-4-14-15(16)10-18-17(14)19;1-20-14(18)9-7-11(15(16)19)13-8-6-10-4-2-3-5-12(10)17-13/h3-10H,2,11H2,1H3;2-6,8,11H,7,9H2,1H3,(H2,16,19). The summed E-state index contributed by atoms with van der Waals surface area (Å²) in [4.78, 5) is 42.5. The third-order valence-electron chi connectivity index (χ3n) is 6.62. The molecule has 0 bridgehead atoms. The molecule has 1 atom stereocenters. The van der Waals surface area contributed by atoms with Crippen molar-refractivity contribution in [1.82, 2.24) is 4.98 Å². The molecule has 0 radical (unpaired) electrons. The second kappa shape index (κ2) is 13.3. The zero-order valence-electron chi connectivity index (χ0n) is 22.5. The van der Waals surface area contributed by atoms with E-state index in [1.165, 1.54) is 12.7 Å². The molecule has 204 valence electrons. The third kappa shape index (κ3) is 6.96. The average Bonchev–Trinajstić information content (AvgIpc) is 3.37. The molecule has 0 aliphatic carbocycles. The van der Waals surface area contributed by atoms with Crippen LogP contribution < -0.4 is 10.5 Å². The van der Waals surface area contributed by atoms with E-state index in [1.54, 1.807) is 18.3 Å². The number of hydrogen-bond acceptors (Lipinski definition) is 6. The number of esters is 1. The monoisotopic (exact) mass is 537 g/mol. The molecule has 40 heavy (non-hydrogen) atoms. The summed E-state index contributed by atoms with van der Waals surface area (Å²) in [6.45, 7) is 2.62. The number of nitrogens with two attached hydrogens (primary N) is 1. The quantitative estimate of drug-likeness (QED) is 0.295. The van der Waals surface area contributed by atoms with Crippen molar-refractivity contribution in [3.63, 3.8) is 0 Å². The van der Waals surface area contributed by atoms with Gasteiger partial charge in [0.2, 0.25) is 5.91 Å². The van der Waals surface area contributed by atoms with Crippen molar-refractivity contribution in [3.05, 3.63) is 107 Å². The van der Waals surface area contributed by atoms with Gasteiger partial charge in [0.15, 0.2) is 0 Å². The van der Waals surface area contributed by atoms with Gasteiger partial charge in [-0.1, -0.05) is 61.5 Å². The van der Waals surface area contributed by atoms with Gasteiger partial charge in [-0.05, 0) is 48.2 Å². The normalized spacial score (nSPS) is 12.3. The summed E-state index contributed by atoms with van der Waals surface area (Å²) in [5, 5.41) is 0.993. The fourth-order valence-corrected chi connectivity index (χ4v) is 4.29. The van der Waals surface area contributed by atoms with Gasteiger partial charge in [-0.15, -0.1) is 0 Å². The number of primary amides is 1. The van der Waals surface area contributed by atoms with Crippen LogP contribution in [0.3, 0.4) is 0 Å². The summed E-state index contributed by atoms with van der Waals surface area (Å²) in [6, 6.07) is 25.1. The lowest BCUT2D eigenvalue weighted by molar-refractivity contribution is -0.140. The molecule has 8 nitrogen and oxygen atoms in total. The number of benzene rings is 3. The molecule has 2 N–H and O–H groups in total. The topological polar surface area (TPSA) is 121 Å². The highest BCUT2D eigenvalue weighted by atomic mass is 16.5. The van der Waals surface area contributed by atoms with Gasteiger partial charge in [-0.3, -0.25) is 19.4 Å². The number of ether oxygens (including phenoxy) is 2. The summed E-state index contributed by atoms with van der Waals surface area (Å²) in [7, 11) is 1.32. The first-order chi connectivity index (χ1) is 19.4. The Morgan fingerprint density at radius 3 is 2.40 bits per heavy atom. The van der Waals surface area contributed by atoms with Gasteiger partial charge in [0.1, 0.15) is 12.4 Å². The van der Waals surface area contributed by atoms with Gasteiger partial charge < -0.3 is 15.2 Å². The molecule has 2 amide bonds. The summed E-state index contributed by atoms with van der Waals surface area (Å²) < 4.78 is 10.4. The van der Waals surface area contributed by atoms with Gasteiger partial charge >= 0.3 is 5.97 Å². The van der Waals surface area contributed by atoms with Crippen LogP contribution in [0.5, 0.6) is 5.75 Å². The summed E-state index contributed by atoms with van der Waals surface area (Å²) in [6.07, 6.45) is 3.05. The summed E-state index contributed by atoms with van der Waals surface area (Å²) >= 11 is 0. The minimum Gasteiger partial charge on any atom is -0.488 e. The van der Waals surface area contributed by atoms with Crippen molar-refractivity contribution in [2.45, 2.75) is 38.7 Å². The summed E-state index contributed by atoms with van der Waals surface area (Å²) in [5.41, 5.74) is 10.6. The Hall–Kier alpha value is -4.85. The van der Waals surface area contributed by atoms with Gasteiger partial charge in [0.05, 0.1) is 29.8 Å². The molecule has 3 aromatic carbocycles. The molecule has 2 heterocycles. The molecule has 0 fully saturated rings. The van der Waals surface area contributed by atoms with Crippen LogP contribution >= 0.6 is 0 Å². The lowest BCUT2D eigenvalue weighted by Gasteiger charge is -2.12. The van der Waals surface area contributed by atoms with Crippen molar-refractivity contribution in [3.8, 4) is 5.75 Å². The Bertz CT molecular complexity index is 1550. The Balaban J connectivity index is 0.000000185. The predicted molar refractivity (Wildman–Crippen MR) is 153 cm³/mol. The highest BCUT2D eigenvalue weighted by Crippen LogP contribution is 2.26. The lowest BCUT2D eigenvalue weighted by Crippen LogP contribution is -2.23. The second-order valence-electron chi connectivity index (χ2n) is 9.24. The third-order valence-corrected chi connectivity index (χ3v) is 6.62. The van der Waals surface area contributed by atoms with Crippen molar-refractivity contribution >= 4 is 34.9 Å². The van der Waals surface area contributed by atoms with Crippen LogP contribution in [0.25, 0.3) is 10.9 Å². The first kappa shape index (κ1) is 28.2. The van der Waals surface area contributed by atoms with Crippen molar-refractivity contribution in [2.24, 2.45) is 10.7 Å². The number of hydrogen-bond donors (Lipinski definition) is 1. The number of carbonyl (C=O) groups is 3. The van der Waals surface area contributed by atoms with Crippen LogP contribution in [0.15, 0.2) is 83.9 Å². The highest BCUT2D eigenvalue weighted by Gasteiger charge is 2.21. The first-order valence-corrected chi connectivity index (χ1v) is 13.0. The smallest absolute Gasteiger partial charge is 0.305 e. The number of aromatic nitrogens is 1. The Morgan fingerprint density at radius 1 is 0.925 bits per heavy atom. The zero-order valence-corrected chi connectivity index (χ0v) is 22.5. The van der Waals surface area contributed by atoms with Crippen LogP contribution in [-0.4, -0.2) is 36.1 Å². The number of amides is 2. The number of para-hydroxylation sites is 1. The largest absolute Gasteiger partial charge is 0.488 e.